The SMILES string of the molecule is Cc1ccc(Nc2nc(-c3ccc(C(=O)N/N=C\c4cn(Cc5cccc(C)c5)c5ccccc45)cc3)cs2)cc1. The first-order valence-corrected chi connectivity index (χ1v) is 14.3. The molecule has 7 heteroatoms. The van der Waals surface area contributed by atoms with Gasteiger partial charge < -0.3 is 9.88 Å². The summed E-state index contributed by atoms with van der Waals surface area (Å²) in [6.45, 7) is 4.93. The van der Waals surface area contributed by atoms with Crippen molar-refractivity contribution in [3.63, 3.8) is 0 Å². The van der Waals surface area contributed by atoms with Crippen molar-refractivity contribution < 1.29 is 4.79 Å². The van der Waals surface area contributed by atoms with Crippen molar-refractivity contribution in [1.29, 1.82) is 0 Å². The van der Waals surface area contributed by atoms with E-state index in [2.05, 4.69) is 89.0 Å². The van der Waals surface area contributed by atoms with Gasteiger partial charge in [0.25, 0.3) is 5.91 Å². The first-order chi connectivity index (χ1) is 20.0. The number of hydrazone groups is 1. The molecule has 0 unspecified atom stereocenters. The molecule has 0 aliphatic heterocycles. The number of nitrogens with zero attached hydrogens (tertiary/aromatic N) is 3. The third kappa shape index (κ3) is 6.10. The number of hydrogen-bond acceptors (Lipinski definition) is 5. The average Bonchev–Trinajstić information content (AvgIpc) is 3.59. The summed E-state index contributed by atoms with van der Waals surface area (Å²) in [6, 6.07) is 32.3. The van der Waals surface area contributed by atoms with Gasteiger partial charge in [-0.3, -0.25) is 4.79 Å². The molecule has 4 aromatic carbocycles. The molecule has 202 valence electrons. The lowest BCUT2D eigenvalue weighted by atomic mass is 10.1. The predicted molar refractivity (Wildman–Crippen MR) is 169 cm³/mol. The minimum Gasteiger partial charge on any atom is -0.342 e. The molecule has 0 aliphatic carbocycles. The lowest BCUT2D eigenvalue weighted by Crippen LogP contribution is -2.17. The molecule has 1 amide bonds. The molecule has 0 atom stereocenters. The van der Waals surface area contributed by atoms with Crippen LogP contribution < -0.4 is 10.7 Å². The van der Waals surface area contributed by atoms with Crippen molar-refractivity contribution in [2.45, 2.75) is 20.4 Å². The van der Waals surface area contributed by atoms with Crippen LogP contribution in [0.2, 0.25) is 0 Å². The standard InChI is InChI=1S/C34H29N5OS/c1-23-10-16-29(17-11-23)36-34-37-31(22-41-34)26-12-14-27(15-13-26)33(40)38-35-19-28-21-39(32-9-4-3-8-30(28)32)20-25-7-5-6-24(2)18-25/h3-19,21-22H,20H2,1-2H3,(H,36,37)(H,38,40)/b35-19-. The van der Waals surface area contributed by atoms with Crippen LogP contribution in [0.15, 0.2) is 114 Å². The Balaban J connectivity index is 1.11. The summed E-state index contributed by atoms with van der Waals surface area (Å²) in [5.41, 5.74) is 11.8. The van der Waals surface area contributed by atoms with E-state index in [1.165, 1.54) is 16.7 Å². The fourth-order valence-corrected chi connectivity index (χ4v) is 5.50. The van der Waals surface area contributed by atoms with Gasteiger partial charge in [0.2, 0.25) is 0 Å². The van der Waals surface area contributed by atoms with E-state index in [4.69, 9.17) is 4.98 Å². The average molecular weight is 556 g/mol. The molecular formula is C34H29N5OS. The Labute approximate surface area is 243 Å². The number of para-hydroxylation sites is 1. The van der Waals surface area contributed by atoms with Gasteiger partial charge in [0.1, 0.15) is 0 Å². The van der Waals surface area contributed by atoms with Crippen LogP contribution in [0.5, 0.6) is 0 Å². The third-order valence-corrected chi connectivity index (χ3v) is 7.63. The number of anilines is 2. The van der Waals surface area contributed by atoms with Gasteiger partial charge in [-0.25, -0.2) is 10.4 Å². The van der Waals surface area contributed by atoms with Crippen LogP contribution >= 0.6 is 11.3 Å². The monoisotopic (exact) mass is 555 g/mol. The Morgan fingerprint density at radius 1 is 0.927 bits per heavy atom. The second-order valence-electron chi connectivity index (χ2n) is 10.0. The topological polar surface area (TPSA) is 71.3 Å². The summed E-state index contributed by atoms with van der Waals surface area (Å²) in [6.07, 6.45) is 3.78. The smallest absolute Gasteiger partial charge is 0.271 e. The highest BCUT2D eigenvalue weighted by atomic mass is 32.1. The molecule has 6 rings (SSSR count). The number of thiazole rings is 1. The van der Waals surface area contributed by atoms with E-state index in [0.717, 1.165) is 45.1 Å². The van der Waals surface area contributed by atoms with Crippen LogP contribution in [0.1, 0.15) is 32.6 Å². The number of fused-ring (bicyclic) bond motifs is 1. The number of benzene rings is 4. The first kappa shape index (κ1) is 26.2. The zero-order valence-corrected chi connectivity index (χ0v) is 23.7. The van der Waals surface area contributed by atoms with Gasteiger partial charge >= 0.3 is 0 Å². The fraction of sp³-hybridized carbons (Fsp3) is 0.0882. The fourth-order valence-electron chi connectivity index (χ4n) is 4.76. The first-order valence-electron chi connectivity index (χ1n) is 13.4. The molecule has 0 saturated heterocycles. The van der Waals surface area contributed by atoms with Crippen LogP contribution in [0.3, 0.4) is 0 Å². The zero-order valence-electron chi connectivity index (χ0n) is 22.8. The molecule has 41 heavy (non-hydrogen) atoms. The van der Waals surface area contributed by atoms with Gasteiger partial charge in [0, 0.05) is 51.4 Å². The molecular weight excluding hydrogens is 526 g/mol. The molecule has 0 radical (unpaired) electrons. The van der Waals surface area contributed by atoms with Gasteiger partial charge in [0.05, 0.1) is 11.9 Å². The van der Waals surface area contributed by atoms with E-state index < -0.39 is 0 Å². The number of nitrogens with one attached hydrogen (secondary N) is 2. The molecule has 2 heterocycles. The van der Waals surface area contributed by atoms with E-state index in [1.54, 1.807) is 29.7 Å². The van der Waals surface area contributed by atoms with Gasteiger partial charge in [-0.1, -0.05) is 77.9 Å². The molecule has 0 bridgehead atoms. The maximum Gasteiger partial charge on any atom is 0.271 e. The Morgan fingerprint density at radius 3 is 2.54 bits per heavy atom. The summed E-state index contributed by atoms with van der Waals surface area (Å²) < 4.78 is 2.21. The second kappa shape index (κ2) is 11.6. The normalized spacial score (nSPS) is 11.3. The Kier molecular flexibility index (Phi) is 7.43. The van der Waals surface area contributed by atoms with Crippen molar-refractivity contribution >= 4 is 45.2 Å². The lowest BCUT2D eigenvalue weighted by molar-refractivity contribution is 0.0955. The zero-order chi connectivity index (χ0) is 28.2. The molecule has 6 nitrogen and oxygen atoms in total. The van der Waals surface area contributed by atoms with E-state index in [1.807, 2.05) is 41.8 Å². The Hall–Kier alpha value is -5.01. The molecule has 2 N–H and O–H groups in total. The van der Waals surface area contributed by atoms with Crippen LogP contribution in [0, 0.1) is 13.8 Å². The Morgan fingerprint density at radius 2 is 1.73 bits per heavy atom. The maximum atomic E-state index is 12.8. The van der Waals surface area contributed by atoms with Crippen molar-refractivity contribution in [3.05, 3.63) is 136 Å². The van der Waals surface area contributed by atoms with Crippen molar-refractivity contribution in [2.24, 2.45) is 5.10 Å². The second-order valence-corrected chi connectivity index (χ2v) is 10.9. The summed E-state index contributed by atoms with van der Waals surface area (Å²) in [5.74, 6) is -0.267. The van der Waals surface area contributed by atoms with Gasteiger partial charge in [-0.2, -0.15) is 5.10 Å². The molecule has 0 saturated carbocycles. The highest BCUT2D eigenvalue weighted by molar-refractivity contribution is 7.14. The lowest BCUT2D eigenvalue weighted by Gasteiger charge is -2.06. The highest BCUT2D eigenvalue weighted by Crippen LogP contribution is 2.27. The number of aryl methyl sites for hydroxylation is 2. The van der Waals surface area contributed by atoms with E-state index in [0.29, 0.717) is 5.56 Å². The molecule has 6 aromatic rings. The number of amides is 1. The van der Waals surface area contributed by atoms with Crippen LogP contribution in [0.4, 0.5) is 10.8 Å². The van der Waals surface area contributed by atoms with E-state index >= 15 is 0 Å². The number of aromatic nitrogens is 2. The maximum absolute atomic E-state index is 12.8. The minimum absolute atomic E-state index is 0.267. The highest BCUT2D eigenvalue weighted by Gasteiger charge is 2.10. The predicted octanol–water partition coefficient (Wildman–Crippen LogP) is 7.94. The quantitative estimate of drug-likeness (QED) is 0.148. The largest absolute Gasteiger partial charge is 0.342 e. The van der Waals surface area contributed by atoms with Crippen molar-refractivity contribution in [1.82, 2.24) is 15.0 Å². The van der Waals surface area contributed by atoms with E-state index in [-0.39, 0.29) is 5.91 Å². The molecule has 0 spiro atoms. The van der Waals surface area contributed by atoms with Gasteiger partial charge in [-0.05, 0) is 49.7 Å². The number of rotatable bonds is 8. The van der Waals surface area contributed by atoms with Crippen LogP contribution in [-0.4, -0.2) is 21.7 Å². The molecule has 0 aliphatic rings. The summed E-state index contributed by atoms with van der Waals surface area (Å²) in [7, 11) is 0. The summed E-state index contributed by atoms with van der Waals surface area (Å²) in [5, 5.41) is 11.5. The Bertz CT molecular complexity index is 1850. The number of carbonyl (C=O) groups is 1. The van der Waals surface area contributed by atoms with Gasteiger partial charge in [-0.15, -0.1) is 11.3 Å². The summed E-state index contributed by atoms with van der Waals surface area (Å²) in [4.78, 5) is 17.5. The number of hydrogen-bond donors (Lipinski definition) is 2. The van der Waals surface area contributed by atoms with Crippen LogP contribution in [0.25, 0.3) is 22.2 Å². The van der Waals surface area contributed by atoms with Crippen molar-refractivity contribution in [2.75, 3.05) is 5.32 Å². The molecule has 0 fully saturated rings. The number of carbonyl (C=O) groups excluding carboxylic acids is 1. The van der Waals surface area contributed by atoms with Crippen LogP contribution in [-0.2, 0) is 6.54 Å². The van der Waals surface area contributed by atoms with Gasteiger partial charge in [0.15, 0.2) is 5.13 Å². The van der Waals surface area contributed by atoms with E-state index in [9.17, 15) is 4.79 Å². The van der Waals surface area contributed by atoms with Crippen molar-refractivity contribution in [3.8, 4) is 11.3 Å². The summed E-state index contributed by atoms with van der Waals surface area (Å²) >= 11 is 1.54. The molecule has 2 aromatic heterocycles. The third-order valence-electron chi connectivity index (χ3n) is 6.87. The minimum atomic E-state index is -0.267.